The lowest BCUT2D eigenvalue weighted by atomic mass is 10.0. The van der Waals surface area contributed by atoms with Crippen LogP contribution in [0.1, 0.15) is 23.7 Å². The fourth-order valence-corrected chi connectivity index (χ4v) is 2.26. The average Bonchev–Trinajstić information content (AvgIpc) is 2.83. The van der Waals surface area contributed by atoms with Crippen molar-refractivity contribution in [2.45, 2.75) is 18.6 Å². The number of halogens is 3. The van der Waals surface area contributed by atoms with Crippen molar-refractivity contribution in [1.29, 1.82) is 0 Å². The van der Waals surface area contributed by atoms with E-state index in [1.165, 1.54) is 4.57 Å². The Kier molecular flexibility index (Phi) is 2.69. The van der Waals surface area contributed by atoms with E-state index in [0.29, 0.717) is 13.0 Å². The van der Waals surface area contributed by atoms with Crippen LogP contribution in [0.25, 0.3) is 0 Å². The largest absolute Gasteiger partial charge is 0.434 e. The second-order valence-electron chi connectivity index (χ2n) is 4.37. The minimum absolute atomic E-state index is 0.159. The molecule has 1 unspecified atom stereocenters. The summed E-state index contributed by atoms with van der Waals surface area (Å²) < 4.78 is 39.6. The zero-order chi connectivity index (χ0) is 13.5. The molecule has 7 heteroatoms. The Morgan fingerprint density at radius 3 is 2.89 bits per heavy atom. The van der Waals surface area contributed by atoms with E-state index >= 15 is 0 Å². The van der Waals surface area contributed by atoms with E-state index < -0.39 is 11.9 Å². The van der Waals surface area contributed by atoms with Crippen LogP contribution in [0.2, 0.25) is 0 Å². The molecule has 4 nitrogen and oxygen atoms in total. The van der Waals surface area contributed by atoms with Gasteiger partial charge in [0.15, 0.2) is 5.69 Å². The van der Waals surface area contributed by atoms with Crippen molar-refractivity contribution in [3.8, 4) is 0 Å². The highest BCUT2D eigenvalue weighted by Crippen LogP contribution is 2.34. The van der Waals surface area contributed by atoms with E-state index in [-0.39, 0.29) is 12.0 Å². The molecule has 0 saturated carbocycles. The standard InChI is InChI=1S/C12H11F3N4/c13-12(14,15)10-7-19-9(3-5-17-11(19)18-10)8-2-1-4-16-6-8/h1-2,4,6-7,9H,3,5H2,(H,17,18). The number of aromatic nitrogens is 3. The number of nitrogens with zero attached hydrogens (tertiary/aromatic N) is 3. The van der Waals surface area contributed by atoms with Crippen molar-refractivity contribution >= 4 is 5.95 Å². The van der Waals surface area contributed by atoms with Crippen molar-refractivity contribution < 1.29 is 13.2 Å². The summed E-state index contributed by atoms with van der Waals surface area (Å²) in [6, 6.07) is 3.48. The molecule has 19 heavy (non-hydrogen) atoms. The number of anilines is 1. The van der Waals surface area contributed by atoms with Crippen molar-refractivity contribution in [1.82, 2.24) is 14.5 Å². The normalized spacial score (nSPS) is 18.8. The van der Waals surface area contributed by atoms with E-state index in [4.69, 9.17) is 0 Å². The van der Waals surface area contributed by atoms with Gasteiger partial charge in [-0.2, -0.15) is 13.2 Å². The summed E-state index contributed by atoms with van der Waals surface area (Å²) in [7, 11) is 0. The first-order valence-corrected chi connectivity index (χ1v) is 5.85. The van der Waals surface area contributed by atoms with Gasteiger partial charge in [-0.3, -0.25) is 4.98 Å². The molecule has 3 heterocycles. The van der Waals surface area contributed by atoms with Crippen LogP contribution in [0, 0.1) is 0 Å². The van der Waals surface area contributed by atoms with Gasteiger partial charge in [-0.25, -0.2) is 4.98 Å². The van der Waals surface area contributed by atoms with Gasteiger partial charge in [0.1, 0.15) is 0 Å². The van der Waals surface area contributed by atoms with E-state index in [0.717, 1.165) is 11.8 Å². The van der Waals surface area contributed by atoms with Gasteiger partial charge in [-0.05, 0) is 18.1 Å². The molecular formula is C12H11F3N4. The molecule has 100 valence electrons. The fraction of sp³-hybridized carbons (Fsp3) is 0.333. The van der Waals surface area contributed by atoms with Gasteiger partial charge in [-0.1, -0.05) is 6.07 Å². The van der Waals surface area contributed by atoms with Crippen LogP contribution < -0.4 is 5.32 Å². The molecular weight excluding hydrogens is 257 g/mol. The molecule has 0 spiro atoms. The van der Waals surface area contributed by atoms with E-state index in [1.807, 2.05) is 6.07 Å². The third kappa shape index (κ3) is 2.16. The maximum atomic E-state index is 12.7. The molecule has 1 aliphatic heterocycles. The number of nitrogens with one attached hydrogen (secondary N) is 1. The van der Waals surface area contributed by atoms with Crippen LogP contribution in [-0.2, 0) is 6.18 Å². The Morgan fingerprint density at radius 1 is 1.37 bits per heavy atom. The minimum Gasteiger partial charge on any atom is -0.356 e. The van der Waals surface area contributed by atoms with Gasteiger partial charge in [0.05, 0.1) is 6.04 Å². The molecule has 1 N–H and O–H groups in total. The SMILES string of the molecule is FC(F)(F)c1cn2c(n1)NCCC2c1cccnc1. The number of hydrogen-bond donors (Lipinski definition) is 1. The van der Waals surface area contributed by atoms with E-state index in [1.54, 1.807) is 18.5 Å². The molecule has 0 aliphatic carbocycles. The maximum Gasteiger partial charge on any atom is 0.434 e. The van der Waals surface area contributed by atoms with Gasteiger partial charge in [0.2, 0.25) is 5.95 Å². The van der Waals surface area contributed by atoms with Gasteiger partial charge in [-0.15, -0.1) is 0 Å². The van der Waals surface area contributed by atoms with E-state index in [9.17, 15) is 13.2 Å². The van der Waals surface area contributed by atoms with Gasteiger partial charge in [0, 0.05) is 25.1 Å². The lowest BCUT2D eigenvalue weighted by molar-refractivity contribution is -0.140. The first-order chi connectivity index (χ1) is 9.05. The van der Waals surface area contributed by atoms with Crippen LogP contribution in [0.3, 0.4) is 0 Å². The summed E-state index contributed by atoms with van der Waals surface area (Å²) in [4.78, 5) is 7.62. The molecule has 3 rings (SSSR count). The molecule has 0 aromatic carbocycles. The number of rotatable bonds is 1. The van der Waals surface area contributed by atoms with Crippen LogP contribution in [-0.4, -0.2) is 21.1 Å². The van der Waals surface area contributed by atoms with Crippen molar-refractivity contribution in [2.24, 2.45) is 0 Å². The summed E-state index contributed by atoms with van der Waals surface area (Å²) in [5.74, 6) is 0.257. The van der Waals surface area contributed by atoms with Crippen LogP contribution in [0.15, 0.2) is 30.7 Å². The number of hydrogen-bond acceptors (Lipinski definition) is 3. The van der Waals surface area contributed by atoms with Gasteiger partial charge >= 0.3 is 6.18 Å². The first kappa shape index (κ1) is 12.0. The number of imidazole rings is 1. The summed E-state index contributed by atoms with van der Waals surface area (Å²) in [5, 5.41) is 2.89. The summed E-state index contributed by atoms with van der Waals surface area (Å²) >= 11 is 0. The van der Waals surface area contributed by atoms with Gasteiger partial charge < -0.3 is 9.88 Å². The number of alkyl halides is 3. The summed E-state index contributed by atoms with van der Waals surface area (Å²) in [6.07, 6.45) is 0.643. The zero-order valence-corrected chi connectivity index (χ0v) is 9.85. The second kappa shape index (κ2) is 4.25. The zero-order valence-electron chi connectivity index (χ0n) is 9.85. The van der Waals surface area contributed by atoms with Gasteiger partial charge in [0.25, 0.3) is 0 Å². The van der Waals surface area contributed by atoms with E-state index in [2.05, 4.69) is 15.3 Å². The maximum absolute atomic E-state index is 12.7. The topological polar surface area (TPSA) is 42.7 Å². The number of pyridine rings is 1. The third-order valence-electron chi connectivity index (χ3n) is 3.13. The van der Waals surface area contributed by atoms with Crippen molar-refractivity contribution in [3.63, 3.8) is 0 Å². The highest BCUT2D eigenvalue weighted by molar-refractivity contribution is 5.36. The lowest BCUT2D eigenvalue weighted by Gasteiger charge is -2.25. The fourth-order valence-electron chi connectivity index (χ4n) is 2.26. The summed E-state index contributed by atoms with van der Waals surface area (Å²) in [5.41, 5.74) is 0.0159. The molecule has 1 atom stereocenters. The van der Waals surface area contributed by atoms with Crippen molar-refractivity contribution in [2.75, 3.05) is 11.9 Å². The molecule has 2 aromatic rings. The van der Waals surface area contributed by atoms with Crippen LogP contribution in [0.5, 0.6) is 0 Å². The quantitative estimate of drug-likeness (QED) is 0.864. The number of fused-ring (bicyclic) bond motifs is 1. The summed E-state index contributed by atoms with van der Waals surface area (Å²) in [6.45, 7) is 0.591. The Balaban J connectivity index is 2.03. The average molecular weight is 268 g/mol. The Bertz CT molecular complexity index is 576. The highest BCUT2D eigenvalue weighted by Gasteiger charge is 2.36. The Morgan fingerprint density at radius 2 is 2.21 bits per heavy atom. The Hall–Kier alpha value is -2.05. The minimum atomic E-state index is -4.43. The van der Waals surface area contributed by atoms with Crippen LogP contribution in [0.4, 0.5) is 19.1 Å². The van der Waals surface area contributed by atoms with Crippen molar-refractivity contribution in [3.05, 3.63) is 42.0 Å². The third-order valence-corrected chi connectivity index (χ3v) is 3.13. The lowest BCUT2D eigenvalue weighted by Crippen LogP contribution is -2.23. The molecule has 0 fully saturated rings. The predicted molar refractivity (Wildman–Crippen MR) is 62.7 cm³/mol. The second-order valence-corrected chi connectivity index (χ2v) is 4.37. The monoisotopic (exact) mass is 268 g/mol. The van der Waals surface area contributed by atoms with Crippen LogP contribution >= 0.6 is 0 Å². The molecule has 0 bridgehead atoms. The molecule has 1 aliphatic rings. The smallest absolute Gasteiger partial charge is 0.356 e. The predicted octanol–water partition coefficient (Wildman–Crippen LogP) is 2.70. The first-order valence-electron chi connectivity index (χ1n) is 5.85. The molecule has 0 radical (unpaired) electrons. The highest BCUT2D eigenvalue weighted by atomic mass is 19.4. The molecule has 0 saturated heterocycles. The molecule has 0 amide bonds. The Labute approximate surface area is 107 Å². The molecule has 2 aromatic heterocycles.